The molecule has 1 aromatic carbocycles. The fraction of sp³-hybridized carbons (Fsp3) is 0.500. The topological polar surface area (TPSA) is 127 Å². The number of nitrogens with zero attached hydrogens (tertiary/aromatic N) is 1. The molecule has 2 aromatic rings. The van der Waals surface area contributed by atoms with Crippen LogP contribution < -0.4 is 16.0 Å². The zero-order valence-electron chi connectivity index (χ0n) is 18.8. The maximum atomic E-state index is 12.9. The summed E-state index contributed by atoms with van der Waals surface area (Å²) in [6, 6.07) is 8.28. The van der Waals surface area contributed by atoms with Crippen molar-refractivity contribution in [3.8, 4) is 6.07 Å². The van der Waals surface area contributed by atoms with Gasteiger partial charge in [0.05, 0.1) is 6.07 Å². The monoisotopic (exact) mass is 437 g/mol. The van der Waals surface area contributed by atoms with Crippen LogP contribution in [0.5, 0.6) is 0 Å². The van der Waals surface area contributed by atoms with Gasteiger partial charge in [0.15, 0.2) is 0 Å². The number of rotatable bonds is 9. The van der Waals surface area contributed by atoms with Crippen LogP contribution in [0, 0.1) is 23.2 Å². The Labute approximate surface area is 188 Å². The third-order valence-corrected chi connectivity index (χ3v) is 5.82. The minimum Gasteiger partial charge on any atom is -0.356 e. The molecule has 0 unspecified atom stereocenters. The predicted molar refractivity (Wildman–Crippen MR) is 122 cm³/mol. The fourth-order valence-electron chi connectivity index (χ4n) is 4.03. The van der Waals surface area contributed by atoms with Crippen molar-refractivity contribution in [1.29, 1.82) is 5.26 Å². The van der Waals surface area contributed by atoms with E-state index in [0.717, 1.165) is 17.3 Å². The molecule has 32 heavy (non-hydrogen) atoms. The van der Waals surface area contributed by atoms with Crippen molar-refractivity contribution in [2.24, 2.45) is 11.8 Å². The van der Waals surface area contributed by atoms with Gasteiger partial charge in [-0.05, 0) is 49.3 Å². The molecule has 0 spiro atoms. The first-order valence-corrected chi connectivity index (χ1v) is 11.2. The Kier molecular flexibility index (Phi) is 7.52. The minimum atomic E-state index is -0.788. The third kappa shape index (κ3) is 5.67. The van der Waals surface area contributed by atoms with Crippen LogP contribution >= 0.6 is 0 Å². The average molecular weight is 438 g/mol. The van der Waals surface area contributed by atoms with Crippen molar-refractivity contribution in [2.45, 2.75) is 58.5 Å². The Bertz CT molecular complexity index is 1040. The van der Waals surface area contributed by atoms with Crippen LogP contribution in [0.4, 0.5) is 0 Å². The molecule has 1 fully saturated rings. The number of H-pyrrole nitrogens is 1. The smallest absolute Gasteiger partial charge is 0.268 e. The van der Waals surface area contributed by atoms with Gasteiger partial charge in [0, 0.05) is 23.4 Å². The number of aryl methyl sites for hydroxylation is 1. The average Bonchev–Trinajstić information content (AvgIpc) is 3.37. The van der Waals surface area contributed by atoms with Gasteiger partial charge in [-0.2, -0.15) is 5.26 Å². The molecule has 0 saturated carbocycles. The van der Waals surface area contributed by atoms with Crippen LogP contribution in [0.3, 0.4) is 0 Å². The van der Waals surface area contributed by atoms with Gasteiger partial charge in [0.2, 0.25) is 11.8 Å². The Balaban J connectivity index is 1.69. The SMILES string of the molecule is CCc1ccc2cc(C(=O)N[C@@H](CC(C)C)C(=O)N[C@H](C#N)C[C@@H]3CCNC3=O)[nH]c2c1. The first-order valence-electron chi connectivity index (χ1n) is 11.2. The number of benzene rings is 1. The second-order valence-corrected chi connectivity index (χ2v) is 8.82. The summed E-state index contributed by atoms with van der Waals surface area (Å²) in [5, 5.41) is 18.7. The molecule has 1 aromatic heterocycles. The number of amides is 3. The second-order valence-electron chi connectivity index (χ2n) is 8.82. The lowest BCUT2D eigenvalue weighted by molar-refractivity contribution is -0.125. The van der Waals surface area contributed by atoms with E-state index < -0.39 is 18.0 Å². The molecule has 3 rings (SSSR count). The van der Waals surface area contributed by atoms with Crippen LogP contribution in [0.15, 0.2) is 24.3 Å². The number of carbonyl (C=O) groups is 3. The number of nitriles is 1. The van der Waals surface area contributed by atoms with Gasteiger partial charge in [0.1, 0.15) is 17.8 Å². The number of aromatic amines is 1. The molecule has 0 bridgehead atoms. The number of aromatic nitrogens is 1. The van der Waals surface area contributed by atoms with Crippen molar-refractivity contribution < 1.29 is 14.4 Å². The number of hydrogen-bond acceptors (Lipinski definition) is 4. The molecular weight excluding hydrogens is 406 g/mol. The minimum absolute atomic E-state index is 0.0865. The van der Waals surface area contributed by atoms with E-state index in [4.69, 9.17) is 0 Å². The van der Waals surface area contributed by atoms with Crippen molar-refractivity contribution in [3.63, 3.8) is 0 Å². The fourth-order valence-corrected chi connectivity index (χ4v) is 4.03. The highest BCUT2D eigenvalue weighted by atomic mass is 16.2. The van der Waals surface area contributed by atoms with Gasteiger partial charge in [-0.1, -0.05) is 32.9 Å². The molecule has 2 heterocycles. The van der Waals surface area contributed by atoms with Crippen molar-refractivity contribution in [1.82, 2.24) is 20.9 Å². The maximum Gasteiger partial charge on any atom is 0.268 e. The van der Waals surface area contributed by atoms with Gasteiger partial charge in [-0.25, -0.2) is 0 Å². The van der Waals surface area contributed by atoms with E-state index in [0.29, 0.717) is 25.1 Å². The summed E-state index contributed by atoms with van der Waals surface area (Å²) >= 11 is 0. The van der Waals surface area contributed by atoms with E-state index in [2.05, 4.69) is 33.9 Å². The standard InChI is InChI=1S/C24H31N5O3/c1-4-15-5-6-16-12-21(28-19(16)10-15)24(32)29-20(9-14(2)3)23(31)27-18(13-25)11-17-7-8-26-22(17)30/h5-6,10,12,14,17-18,20,28H,4,7-9,11H2,1-3H3,(H,26,30)(H,27,31)(H,29,32)/t17-,18-,20-/m0/s1. The molecular formula is C24H31N5O3. The van der Waals surface area contributed by atoms with Gasteiger partial charge >= 0.3 is 0 Å². The summed E-state index contributed by atoms with van der Waals surface area (Å²) < 4.78 is 0. The third-order valence-electron chi connectivity index (χ3n) is 5.82. The molecule has 3 atom stereocenters. The van der Waals surface area contributed by atoms with E-state index >= 15 is 0 Å². The lowest BCUT2D eigenvalue weighted by Crippen LogP contribution is -2.50. The van der Waals surface area contributed by atoms with E-state index in [-0.39, 0.29) is 30.1 Å². The van der Waals surface area contributed by atoms with Gasteiger partial charge in [-0.15, -0.1) is 0 Å². The number of hydrogen-bond donors (Lipinski definition) is 4. The number of nitrogens with one attached hydrogen (secondary N) is 4. The first kappa shape index (κ1) is 23.3. The van der Waals surface area contributed by atoms with Crippen LogP contribution in [0.2, 0.25) is 0 Å². The molecule has 8 nitrogen and oxygen atoms in total. The molecule has 3 amide bonds. The predicted octanol–water partition coefficient (Wildman–Crippen LogP) is 2.41. The van der Waals surface area contributed by atoms with Crippen molar-refractivity contribution in [2.75, 3.05) is 6.54 Å². The normalized spacial score (nSPS) is 17.6. The molecule has 1 aliphatic rings. The summed E-state index contributed by atoms with van der Waals surface area (Å²) in [4.78, 5) is 40.8. The zero-order valence-corrected chi connectivity index (χ0v) is 18.8. The molecule has 0 aliphatic carbocycles. The number of carbonyl (C=O) groups excluding carboxylic acids is 3. The van der Waals surface area contributed by atoms with E-state index in [1.54, 1.807) is 6.07 Å². The summed E-state index contributed by atoms with van der Waals surface area (Å²) in [6.45, 7) is 6.59. The van der Waals surface area contributed by atoms with Crippen LogP contribution in [-0.2, 0) is 16.0 Å². The van der Waals surface area contributed by atoms with Crippen LogP contribution in [0.1, 0.15) is 56.1 Å². The maximum absolute atomic E-state index is 12.9. The van der Waals surface area contributed by atoms with Crippen molar-refractivity contribution >= 4 is 28.6 Å². The lowest BCUT2D eigenvalue weighted by atomic mass is 9.98. The Morgan fingerprint density at radius 2 is 2.03 bits per heavy atom. The van der Waals surface area contributed by atoms with E-state index in [1.807, 2.05) is 32.0 Å². The summed E-state index contributed by atoms with van der Waals surface area (Å²) in [5.74, 6) is -0.999. The largest absolute Gasteiger partial charge is 0.356 e. The van der Waals surface area contributed by atoms with Gasteiger partial charge in [-0.3, -0.25) is 14.4 Å². The van der Waals surface area contributed by atoms with Crippen LogP contribution in [-0.4, -0.2) is 41.3 Å². The highest BCUT2D eigenvalue weighted by Crippen LogP contribution is 2.19. The summed E-state index contributed by atoms with van der Waals surface area (Å²) in [5.41, 5.74) is 2.43. The molecule has 0 radical (unpaired) electrons. The highest BCUT2D eigenvalue weighted by Gasteiger charge is 2.30. The zero-order chi connectivity index (χ0) is 23.3. The summed E-state index contributed by atoms with van der Waals surface area (Å²) in [6.07, 6.45) is 2.24. The molecule has 170 valence electrons. The number of fused-ring (bicyclic) bond motifs is 1. The Morgan fingerprint density at radius 1 is 1.25 bits per heavy atom. The van der Waals surface area contributed by atoms with Crippen molar-refractivity contribution in [3.05, 3.63) is 35.5 Å². The Morgan fingerprint density at radius 3 is 2.66 bits per heavy atom. The molecule has 1 saturated heterocycles. The lowest BCUT2D eigenvalue weighted by Gasteiger charge is -2.22. The van der Waals surface area contributed by atoms with Gasteiger partial charge in [0.25, 0.3) is 5.91 Å². The second kappa shape index (κ2) is 10.3. The molecule has 8 heteroatoms. The first-order chi connectivity index (χ1) is 15.3. The Hall–Kier alpha value is -3.34. The molecule has 4 N–H and O–H groups in total. The summed E-state index contributed by atoms with van der Waals surface area (Å²) in [7, 11) is 0. The van der Waals surface area contributed by atoms with E-state index in [9.17, 15) is 19.6 Å². The quantitative estimate of drug-likeness (QED) is 0.480. The highest BCUT2D eigenvalue weighted by molar-refractivity contribution is 6.00. The van der Waals surface area contributed by atoms with E-state index in [1.165, 1.54) is 5.56 Å². The van der Waals surface area contributed by atoms with Crippen LogP contribution in [0.25, 0.3) is 10.9 Å². The van der Waals surface area contributed by atoms with Gasteiger partial charge < -0.3 is 20.9 Å². The molecule has 1 aliphatic heterocycles.